The zero-order valence-electron chi connectivity index (χ0n) is 8.04. The highest BCUT2D eigenvalue weighted by atomic mass is 16.5. The Morgan fingerprint density at radius 1 is 1.57 bits per heavy atom. The lowest BCUT2D eigenvalue weighted by molar-refractivity contribution is -0.116. The first kappa shape index (κ1) is 9.06. The number of hydrogen-bond acceptors (Lipinski definition) is 3. The predicted octanol–water partition coefficient (Wildman–Crippen LogP) is 1.46. The number of rotatable bonds is 2. The molecule has 0 aromatic heterocycles. The van der Waals surface area contributed by atoms with Crippen molar-refractivity contribution in [1.29, 1.82) is 0 Å². The molecular weight excluding hydrogens is 180 g/mol. The van der Waals surface area contributed by atoms with Gasteiger partial charge < -0.3 is 9.84 Å². The van der Waals surface area contributed by atoms with E-state index in [9.17, 15) is 9.90 Å². The summed E-state index contributed by atoms with van der Waals surface area (Å²) < 4.78 is 5.29. The fourth-order valence-electron chi connectivity index (χ4n) is 1.68. The lowest BCUT2D eigenvalue weighted by atomic mass is 10.0. The Balaban J connectivity index is 2.37. The maximum Gasteiger partial charge on any atom is 0.134 e. The zero-order valence-corrected chi connectivity index (χ0v) is 8.04. The van der Waals surface area contributed by atoms with Gasteiger partial charge in [0, 0.05) is 24.5 Å². The molecule has 14 heavy (non-hydrogen) atoms. The van der Waals surface area contributed by atoms with Crippen LogP contribution in [-0.2, 0) is 17.6 Å². The molecule has 1 heterocycles. The molecule has 0 saturated carbocycles. The number of Topliss-reactive ketones (excluding diaryl/α,β-unsaturated/α-hetero) is 1. The fraction of sp³-hybridized carbons (Fsp3) is 0.364. The van der Waals surface area contributed by atoms with Crippen molar-refractivity contribution in [1.82, 2.24) is 0 Å². The number of carbonyl (C=O) groups excluding carboxylic acids is 1. The van der Waals surface area contributed by atoms with Crippen molar-refractivity contribution < 1.29 is 14.6 Å². The lowest BCUT2D eigenvalue weighted by Gasteiger charge is -2.05. The van der Waals surface area contributed by atoms with E-state index in [-0.39, 0.29) is 11.5 Å². The topological polar surface area (TPSA) is 46.5 Å². The van der Waals surface area contributed by atoms with Gasteiger partial charge in [-0.25, -0.2) is 0 Å². The number of phenols is 1. The normalized spacial score (nSPS) is 13.5. The molecular formula is C11H12O3. The van der Waals surface area contributed by atoms with Crippen molar-refractivity contribution in [2.75, 3.05) is 6.61 Å². The van der Waals surface area contributed by atoms with Crippen LogP contribution in [0.3, 0.4) is 0 Å². The number of phenolic OH excluding ortho intramolecular Hbond substituents is 1. The van der Waals surface area contributed by atoms with Crippen LogP contribution in [0.1, 0.15) is 18.1 Å². The maximum atomic E-state index is 10.9. The number of ether oxygens (including phenoxy) is 1. The Labute approximate surface area is 82.3 Å². The lowest BCUT2D eigenvalue weighted by Crippen LogP contribution is -1.97. The number of hydrogen-bond donors (Lipinski definition) is 1. The second-order valence-electron chi connectivity index (χ2n) is 3.57. The third-order valence-electron chi connectivity index (χ3n) is 2.33. The molecule has 0 amide bonds. The standard InChI is InChI=1S/C11H12O3/c1-7(12)4-9-5-8-2-3-14-11(8)6-10(9)13/h5-6,13H,2-4H2,1H3. The quantitative estimate of drug-likeness (QED) is 0.771. The van der Waals surface area contributed by atoms with Gasteiger partial charge in [0.1, 0.15) is 17.3 Å². The Bertz CT molecular complexity index is 382. The van der Waals surface area contributed by atoms with Gasteiger partial charge in [0.2, 0.25) is 0 Å². The third-order valence-corrected chi connectivity index (χ3v) is 2.33. The van der Waals surface area contributed by atoms with Crippen molar-refractivity contribution in [2.45, 2.75) is 19.8 Å². The first-order valence-electron chi connectivity index (χ1n) is 4.64. The SMILES string of the molecule is CC(=O)Cc1cc2c(cc1O)OCC2. The highest BCUT2D eigenvalue weighted by Crippen LogP contribution is 2.32. The van der Waals surface area contributed by atoms with E-state index < -0.39 is 0 Å². The van der Waals surface area contributed by atoms with Gasteiger partial charge >= 0.3 is 0 Å². The summed E-state index contributed by atoms with van der Waals surface area (Å²) in [5, 5.41) is 9.59. The molecule has 1 aromatic carbocycles. The molecule has 2 rings (SSSR count). The van der Waals surface area contributed by atoms with Gasteiger partial charge in [0.15, 0.2) is 0 Å². The highest BCUT2D eigenvalue weighted by molar-refractivity contribution is 5.79. The predicted molar refractivity (Wildman–Crippen MR) is 51.7 cm³/mol. The minimum atomic E-state index is 0.0548. The molecule has 0 atom stereocenters. The first-order valence-corrected chi connectivity index (χ1v) is 4.64. The molecule has 0 bridgehead atoms. The van der Waals surface area contributed by atoms with E-state index in [0.717, 1.165) is 17.7 Å². The van der Waals surface area contributed by atoms with Crippen molar-refractivity contribution in [2.24, 2.45) is 0 Å². The molecule has 0 radical (unpaired) electrons. The molecule has 0 aliphatic carbocycles. The van der Waals surface area contributed by atoms with Crippen LogP contribution in [0.25, 0.3) is 0 Å². The Kier molecular flexibility index (Phi) is 2.15. The molecule has 1 aromatic rings. The summed E-state index contributed by atoms with van der Waals surface area (Å²) in [6.45, 7) is 2.18. The summed E-state index contributed by atoms with van der Waals surface area (Å²) in [6.07, 6.45) is 1.15. The monoisotopic (exact) mass is 192 g/mol. The fourth-order valence-corrected chi connectivity index (χ4v) is 1.68. The molecule has 1 aliphatic rings. The second kappa shape index (κ2) is 3.33. The second-order valence-corrected chi connectivity index (χ2v) is 3.57. The van der Waals surface area contributed by atoms with Crippen molar-refractivity contribution in [3.63, 3.8) is 0 Å². The average Bonchev–Trinajstić information content (AvgIpc) is 2.51. The number of ketones is 1. The molecule has 1 aliphatic heterocycles. The molecule has 0 saturated heterocycles. The number of fused-ring (bicyclic) bond motifs is 1. The van der Waals surface area contributed by atoms with E-state index >= 15 is 0 Å². The molecule has 1 N–H and O–H groups in total. The first-order chi connectivity index (χ1) is 6.66. The maximum absolute atomic E-state index is 10.9. The largest absolute Gasteiger partial charge is 0.508 e. The summed E-state index contributed by atoms with van der Waals surface area (Å²) in [5.74, 6) is 0.954. The van der Waals surface area contributed by atoms with Gasteiger partial charge in [-0.15, -0.1) is 0 Å². The summed E-state index contributed by atoms with van der Waals surface area (Å²) in [6, 6.07) is 3.46. The molecule has 74 valence electrons. The van der Waals surface area contributed by atoms with Crippen LogP contribution in [0.4, 0.5) is 0 Å². The van der Waals surface area contributed by atoms with Gasteiger partial charge in [-0.1, -0.05) is 0 Å². The van der Waals surface area contributed by atoms with Crippen LogP contribution in [-0.4, -0.2) is 17.5 Å². The van der Waals surface area contributed by atoms with Gasteiger partial charge in [0.25, 0.3) is 0 Å². The zero-order chi connectivity index (χ0) is 10.1. The van der Waals surface area contributed by atoms with E-state index in [2.05, 4.69) is 0 Å². The Hall–Kier alpha value is -1.51. The summed E-state index contributed by atoms with van der Waals surface area (Å²) in [4.78, 5) is 10.9. The van der Waals surface area contributed by atoms with Crippen molar-refractivity contribution >= 4 is 5.78 Å². The third kappa shape index (κ3) is 1.58. The Morgan fingerprint density at radius 2 is 2.36 bits per heavy atom. The van der Waals surface area contributed by atoms with E-state index in [1.165, 1.54) is 6.92 Å². The van der Waals surface area contributed by atoms with Crippen LogP contribution >= 0.6 is 0 Å². The van der Waals surface area contributed by atoms with E-state index in [0.29, 0.717) is 18.6 Å². The van der Waals surface area contributed by atoms with E-state index in [1.807, 2.05) is 6.07 Å². The minimum Gasteiger partial charge on any atom is -0.508 e. The summed E-state index contributed by atoms with van der Waals surface area (Å²) in [5.41, 5.74) is 1.78. The molecule has 0 spiro atoms. The van der Waals surface area contributed by atoms with Crippen molar-refractivity contribution in [3.8, 4) is 11.5 Å². The van der Waals surface area contributed by atoms with Crippen molar-refractivity contribution in [3.05, 3.63) is 23.3 Å². The molecule has 0 unspecified atom stereocenters. The van der Waals surface area contributed by atoms with Crippen LogP contribution in [0, 0.1) is 0 Å². The van der Waals surface area contributed by atoms with Crippen LogP contribution in [0.15, 0.2) is 12.1 Å². The van der Waals surface area contributed by atoms with Crippen LogP contribution < -0.4 is 4.74 Å². The summed E-state index contributed by atoms with van der Waals surface area (Å²) in [7, 11) is 0. The van der Waals surface area contributed by atoms with Crippen LogP contribution in [0.2, 0.25) is 0 Å². The van der Waals surface area contributed by atoms with Gasteiger partial charge in [0.05, 0.1) is 6.61 Å². The smallest absolute Gasteiger partial charge is 0.134 e. The van der Waals surface area contributed by atoms with Gasteiger partial charge in [-0.3, -0.25) is 4.79 Å². The number of aromatic hydroxyl groups is 1. The molecule has 3 nitrogen and oxygen atoms in total. The Morgan fingerprint density at radius 3 is 3.07 bits per heavy atom. The minimum absolute atomic E-state index is 0.0548. The highest BCUT2D eigenvalue weighted by Gasteiger charge is 2.16. The molecule has 0 fully saturated rings. The number of carbonyl (C=O) groups is 1. The number of benzene rings is 1. The van der Waals surface area contributed by atoms with E-state index in [4.69, 9.17) is 4.74 Å². The van der Waals surface area contributed by atoms with E-state index in [1.54, 1.807) is 6.07 Å². The van der Waals surface area contributed by atoms with Gasteiger partial charge in [-0.05, 0) is 18.6 Å². The average molecular weight is 192 g/mol. The summed E-state index contributed by atoms with van der Waals surface area (Å²) >= 11 is 0. The molecule has 3 heteroatoms. The van der Waals surface area contributed by atoms with Crippen LogP contribution in [0.5, 0.6) is 11.5 Å². The van der Waals surface area contributed by atoms with Gasteiger partial charge in [-0.2, -0.15) is 0 Å².